The summed E-state index contributed by atoms with van der Waals surface area (Å²) in [5, 5.41) is 12.6. The number of sulfonamides is 1. The molecule has 3 rings (SSSR count). The number of terminal acetylenes is 1. The third-order valence-corrected chi connectivity index (χ3v) is 5.45. The topological polar surface area (TPSA) is 123 Å². The van der Waals surface area contributed by atoms with Gasteiger partial charge in [-0.25, -0.2) is 8.42 Å². The van der Waals surface area contributed by atoms with Crippen LogP contribution in [0.15, 0.2) is 47.4 Å². The van der Waals surface area contributed by atoms with Crippen LogP contribution in [0.3, 0.4) is 0 Å². The van der Waals surface area contributed by atoms with Crippen molar-refractivity contribution < 1.29 is 32.5 Å². The Kier molecular flexibility index (Phi) is 6.79. The first-order chi connectivity index (χ1) is 14.4. The van der Waals surface area contributed by atoms with E-state index in [9.17, 15) is 18.3 Å². The predicted octanol–water partition coefficient (Wildman–Crippen LogP) is 0.496. The van der Waals surface area contributed by atoms with E-state index in [4.69, 9.17) is 20.6 Å². The number of nitrogens with one attached hydrogen (secondary N) is 2. The smallest absolute Gasteiger partial charge is 0.251 e. The standard InChI is InChI=1S/C20H20N2O7S/c1-2-8-22-30(25,26)17-5-3-4-14(9-17)20(24)21-11-15(23)12-27-16-6-7-18-19(10-16)29-13-28-18/h1,3-7,9-10,15,22-23H,8,11-13H2,(H,21,24). The van der Waals surface area contributed by atoms with Crippen LogP contribution in [0.4, 0.5) is 0 Å². The van der Waals surface area contributed by atoms with Crippen LogP contribution in [0, 0.1) is 12.3 Å². The van der Waals surface area contributed by atoms with Gasteiger partial charge >= 0.3 is 0 Å². The van der Waals surface area contributed by atoms with Crippen molar-refractivity contribution in [2.75, 3.05) is 26.5 Å². The molecule has 1 atom stereocenters. The van der Waals surface area contributed by atoms with Crippen LogP contribution in [-0.4, -0.2) is 52.0 Å². The van der Waals surface area contributed by atoms with Gasteiger partial charge in [0.05, 0.1) is 11.4 Å². The number of amides is 1. The number of rotatable bonds is 9. The molecule has 1 amide bonds. The summed E-state index contributed by atoms with van der Waals surface area (Å²) in [4.78, 5) is 12.2. The molecule has 1 aliphatic rings. The third kappa shape index (κ3) is 5.42. The van der Waals surface area contributed by atoms with Crippen molar-refractivity contribution in [3.8, 4) is 29.6 Å². The van der Waals surface area contributed by atoms with E-state index < -0.39 is 22.0 Å². The highest BCUT2D eigenvalue weighted by Gasteiger charge is 2.17. The van der Waals surface area contributed by atoms with Crippen molar-refractivity contribution in [1.82, 2.24) is 10.0 Å². The van der Waals surface area contributed by atoms with Crippen LogP contribution < -0.4 is 24.2 Å². The molecular formula is C20H20N2O7S. The first-order valence-electron chi connectivity index (χ1n) is 8.91. The molecule has 0 saturated heterocycles. The lowest BCUT2D eigenvalue weighted by Crippen LogP contribution is -2.35. The minimum atomic E-state index is -3.81. The predicted molar refractivity (Wildman–Crippen MR) is 107 cm³/mol. The molecule has 2 aromatic rings. The van der Waals surface area contributed by atoms with Gasteiger partial charge in [0.25, 0.3) is 5.91 Å². The van der Waals surface area contributed by atoms with Crippen LogP contribution in [0.1, 0.15) is 10.4 Å². The molecular weight excluding hydrogens is 412 g/mol. The van der Waals surface area contributed by atoms with Crippen molar-refractivity contribution in [2.24, 2.45) is 0 Å². The monoisotopic (exact) mass is 432 g/mol. The fourth-order valence-electron chi connectivity index (χ4n) is 2.56. The zero-order chi connectivity index (χ0) is 21.6. The Morgan fingerprint density at radius 3 is 2.83 bits per heavy atom. The normalized spacial score (nSPS) is 13.3. The molecule has 10 heteroatoms. The molecule has 0 saturated carbocycles. The third-order valence-electron chi connectivity index (χ3n) is 4.06. The van der Waals surface area contributed by atoms with Crippen molar-refractivity contribution in [2.45, 2.75) is 11.0 Å². The summed E-state index contributed by atoms with van der Waals surface area (Å²) in [5.74, 6) is 3.31. The first kappa shape index (κ1) is 21.4. The van der Waals surface area contributed by atoms with E-state index in [1.165, 1.54) is 24.3 Å². The zero-order valence-corrected chi connectivity index (χ0v) is 16.6. The highest BCUT2D eigenvalue weighted by molar-refractivity contribution is 7.89. The van der Waals surface area contributed by atoms with Crippen LogP contribution in [0.25, 0.3) is 0 Å². The number of fused-ring (bicyclic) bond motifs is 1. The quantitative estimate of drug-likeness (QED) is 0.493. The van der Waals surface area contributed by atoms with Gasteiger partial charge in [-0.2, -0.15) is 4.72 Å². The van der Waals surface area contributed by atoms with E-state index in [-0.39, 0.29) is 36.9 Å². The molecule has 1 heterocycles. The second-order valence-electron chi connectivity index (χ2n) is 6.25. The number of aliphatic hydroxyl groups excluding tert-OH is 1. The van der Waals surface area contributed by atoms with Crippen LogP contribution in [0.2, 0.25) is 0 Å². The van der Waals surface area contributed by atoms with Gasteiger partial charge in [-0.3, -0.25) is 4.79 Å². The number of aliphatic hydroxyl groups is 1. The fourth-order valence-corrected chi connectivity index (χ4v) is 3.53. The summed E-state index contributed by atoms with van der Waals surface area (Å²) in [6, 6.07) is 10.5. The van der Waals surface area contributed by atoms with E-state index in [1.807, 2.05) is 0 Å². The fraction of sp³-hybridized carbons (Fsp3) is 0.250. The minimum absolute atomic E-state index is 0.0651. The molecule has 0 spiro atoms. The lowest BCUT2D eigenvalue weighted by Gasteiger charge is -2.14. The van der Waals surface area contributed by atoms with Crippen LogP contribution in [-0.2, 0) is 10.0 Å². The number of hydrogen-bond donors (Lipinski definition) is 3. The van der Waals surface area contributed by atoms with Gasteiger partial charge in [0.2, 0.25) is 16.8 Å². The van der Waals surface area contributed by atoms with Crippen molar-refractivity contribution in [3.05, 3.63) is 48.0 Å². The van der Waals surface area contributed by atoms with Crippen molar-refractivity contribution in [3.63, 3.8) is 0 Å². The van der Waals surface area contributed by atoms with Crippen LogP contribution >= 0.6 is 0 Å². The van der Waals surface area contributed by atoms with Gasteiger partial charge in [0.1, 0.15) is 18.5 Å². The van der Waals surface area contributed by atoms with Gasteiger partial charge in [0, 0.05) is 18.2 Å². The molecule has 3 N–H and O–H groups in total. The summed E-state index contributed by atoms with van der Waals surface area (Å²) in [7, 11) is -3.81. The second-order valence-corrected chi connectivity index (χ2v) is 8.01. The molecule has 0 bridgehead atoms. The summed E-state index contributed by atoms with van der Waals surface area (Å²) >= 11 is 0. The Labute approximate surface area is 174 Å². The molecule has 30 heavy (non-hydrogen) atoms. The first-order valence-corrected chi connectivity index (χ1v) is 10.4. The van der Waals surface area contributed by atoms with Gasteiger partial charge in [-0.05, 0) is 30.3 Å². The second kappa shape index (κ2) is 9.49. The molecule has 1 unspecified atom stereocenters. The molecule has 1 aliphatic heterocycles. The van der Waals surface area contributed by atoms with Crippen LogP contribution in [0.5, 0.6) is 17.2 Å². The lowest BCUT2D eigenvalue weighted by atomic mass is 10.2. The van der Waals surface area contributed by atoms with E-state index in [2.05, 4.69) is 16.0 Å². The molecule has 9 nitrogen and oxygen atoms in total. The Hall–Kier alpha value is -3.26. The largest absolute Gasteiger partial charge is 0.491 e. The molecule has 0 radical (unpaired) electrons. The molecule has 0 aromatic heterocycles. The van der Waals surface area contributed by atoms with Crippen molar-refractivity contribution >= 4 is 15.9 Å². The van der Waals surface area contributed by atoms with Gasteiger partial charge < -0.3 is 24.6 Å². The highest BCUT2D eigenvalue weighted by atomic mass is 32.2. The number of benzene rings is 2. The van der Waals surface area contributed by atoms with E-state index in [0.29, 0.717) is 17.2 Å². The van der Waals surface area contributed by atoms with Gasteiger partial charge in [-0.15, -0.1) is 6.42 Å². The molecule has 0 fully saturated rings. The zero-order valence-electron chi connectivity index (χ0n) is 15.8. The average molecular weight is 432 g/mol. The summed E-state index contributed by atoms with van der Waals surface area (Å²) in [6.45, 7) is -0.162. The average Bonchev–Trinajstić information content (AvgIpc) is 3.22. The van der Waals surface area contributed by atoms with E-state index in [0.717, 1.165) is 0 Å². The van der Waals surface area contributed by atoms with Gasteiger partial charge in [0.15, 0.2) is 11.5 Å². The number of carbonyl (C=O) groups is 1. The number of carbonyl (C=O) groups excluding carboxylic acids is 1. The highest BCUT2D eigenvalue weighted by Crippen LogP contribution is 2.35. The van der Waals surface area contributed by atoms with Crippen molar-refractivity contribution in [1.29, 1.82) is 0 Å². The van der Waals surface area contributed by atoms with Gasteiger partial charge in [-0.1, -0.05) is 12.0 Å². The Balaban J connectivity index is 1.51. The maximum atomic E-state index is 12.3. The van der Waals surface area contributed by atoms with E-state index in [1.54, 1.807) is 18.2 Å². The number of hydrogen-bond acceptors (Lipinski definition) is 7. The lowest BCUT2D eigenvalue weighted by molar-refractivity contribution is 0.0843. The maximum Gasteiger partial charge on any atom is 0.251 e. The number of ether oxygens (including phenoxy) is 3. The van der Waals surface area contributed by atoms with E-state index >= 15 is 0 Å². The maximum absolute atomic E-state index is 12.3. The summed E-state index contributed by atoms with van der Waals surface area (Å²) in [5.41, 5.74) is 0.127. The summed E-state index contributed by atoms with van der Waals surface area (Å²) < 4.78 is 42.4. The minimum Gasteiger partial charge on any atom is -0.491 e. The Morgan fingerprint density at radius 1 is 1.23 bits per heavy atom. The Bertz CT molecular complexity index is 1060. The molecule has 2 aromatic carbocycles. The summed E-state index contributed by atoms with van der Waals surface area (Å²) in [6.07, 6.45) is 4.08. The molecule has 158 valence electrons. The Morgan fingerprint density at radius 2 is 2.03 bits per heavy atom. The SMILES string of the molecule is C#CCNS(=O)(=O)c1cccc(C(=O)NCC(O)COc2ccc3c(c2)OCO3)c1. The molecule has 0 aliphatic carbocycles.